The molecule has 0 saturated carbocycles. The van der Waals surface area contributed by atoms with Crippen LogP contribution in [0.3, 0.4) is 0 Å². The number of hydrogen-bond donors (Lipinski definition) is 1. The van der Waals surface area contributed by atoms with E-state index < -0.39 is 0 Å². The van der Waals surface area contributed by atoms with E-state index in [1.807, 2.05) is 4.90 Å². The second-order valence-corrected chi connectivity index (χ2v) is 4.33. The van der Waals surface area contributed by atoms with Crippen molar-refractivity contribution < 1.29 is 9.53 Å². The van der Waals surface area contributed by atoms with Crippen molar-refractivity contribution in [2.75, 3.05) is 39.4 Å². The number of hydrogen-bond acceptors (Lipinski definition) is 3. The third kappa shape index (κ3) is 2.92. The first-order valence-corrected chi connectivity index (χ1v) is 5.95. The molecule has 2 fully saturated rings. The van der Waals surface area contributed by atoms with Crippen LogP contribution < -0.4 is 5.32 Å². The van der Waals surface area contributed by atoms with Gasteiger partial charge in [-0.25, -0.2) is 0 Å². The lowest BCUT2D eigenvalue weighted by molar-refractivity contribution is -0.136. The molecule has 2 heterocycles. The summed E-state index contributed by atoms with van der Waals surface area (Å²) in [6.07, 6.45) is 3.15. The Morgan fingerprint density at radius 2 is 2.20 bits per heavy atom. The molecule has 1 amide bonds. The summed E-state index contributed by atoms with van der Waals surface area (Å²) in [4.78, 5) is 14.1. The Morgan fingerprint density at radius 3 is 3.00 bits per heavy atom. The number of nitrogens with zero attached hydrogens (tertiary/aromatic N) is 1. The standard InChI is InChI=1S/C11H20N2O2/c14-11(10-3-1-4-12-9-10)13-5-2-7-15-8-6-13/h10,12H,1-9H2/t10-/m1/s1. The molecule has 2 aliphatic heterocycles. The van der Waals surface area contributed by atoms with Crippen LogP contribution in [0.1, 0.15) is 19.3 Å². The van der Waals surface area contributed by atoms with Crippen LogP contribution in [0, 0.1) is 5.92 Å². The Balaban J connectivity index is 1.87. The van der Waals surface area contributed by atoms with Gasteiger partial charge in [-0.1, -0.05) is 0 Å². The average molecular weight is 212 g/mol. The number of rotatable bonds is 1. The summed E-state index contributed by atoms with van der Waals surface area (Å²) in [5.41, 5.74) is 0. The van der Waals surface area contributed by atoms with Crippen LogP contribution in [-0.2, 0) is 9.53 Å². The molecule has 1 atom stereocenters. The Hall–Kier alpha value is -0.610. The van der Waals surface area contributed by atoms with E-state index in [2.05, 4.69) is 5.32 Å². The number of carbonyl (C=O) groups is 1. The predicted octanol–water partition coefficient (Wildman–Crippen LogP) is 0.235. The molecule has 2 saturated heterocycles. The van der Waals surface area contributed by atoms with Gasteiger partial charge in [-0.2, -0.15) is 0 Å². The normalized spacial score (nSPS) is 28.5. The minimum Gasteiger partial charge on any atom is -0.380 e. The smallest absolute Gasteiger partial charge is 0.227 e. The van der Waals surface area contributed by atoms with Crippen LogP contribution >= 0.6 is 0 Å². The van der Waals surface area contributed by atoms with Gasteiger partial charge in [0.2, 0.25) is 5.91 Å². The first-order valence-electron chi connectivity index (χ1n) is 5.95. The first-order chi connectivity index (χ1) is 7.38. The molecule has 2 aliphatic rings. The molecule has 1 N–H and O–H groups in total. The molecule has 0 unspecified atom stereocenters. The summed E-state index contributed by atoms with van der Waals surface area (Å²) in [5.74, 6) is 0.532. The summed E-state index contributed by atoms with van der Waals surface area (Å²) < 4.78 is 5.35. The minimum atomic E-state index is 0.205. The summed E-state index contributed by atoms with van der Waals surface area (Å²) >= 11 is 0. The SMILES string of the molecule is O=C([C@@H]1CCCNC1)N1CCCOCC1. The van der Waals surface area contributed by atoms with Crippen molar-refractivity contribution in [2.24, 2.45) is 5.92 Å². The van der Waals surface area contributed by atoms with E-state index in [1.165, 1.54) is 0 Å². The van der Waals surface area contributed by atoms with Crippen molar-refractivity contribution in [3.8, 4) is 0 Å². The van der Waals surface area contributed by atoms with Gasteiger partial charge in [-0.3, -0.25) is 4.79 Å². The Kier molecular flexibility index (Phi) is 3.97. The van der Waals surface area contributed by atoms with Crippen molar-refractivity contribution in [2.45, 2.75) is 19.3 Å². The summed E-state index contributed by atoms with van der Waals surface area (Å²) in [7, 11) is 0. The number of nitrogens with one attached hydrogen (secondary N) is 1. The number of amides is 1. The minimum absolute atomic E-state index is 0.205. The molecule has 2 rings (SSSR count). The van der Waals surface area contributed by atoms with E-state index in [9.17, 15) is 4.79 Å². The molecule has 0 bridgehead atoms. The maximum Gasteiger partial charge on any atom is 0.227 e. The van der Waals surface area contributed by atoms with Gasteiger partial charge in [0.05, 0.1) is 12.5 Å². The molecule has 0 spiro atoms. The van der Waals surface area contributed by atoms with E-state index in [1.54, 1.807) is 0 Å². The highest BCUT2D eigenvalue weighted by Gasteiger charge is 2.26. The molecular formula is C11H20N2O2. The molecule has 15 heavy (non-hydrogen) atoms. The zero-order valence-corrected chi connectivity index (χ0v) is 9.21. The lowest BCUT2D eigenvalue weighted by atomic mass is 9.98. The molecule has 0 aliphatic carbocycles. The van der Waals surface area contributed by atoms with Gasteiger partial charge in [0.1, 0.15) is 0 Å². The Labute approximate surface area is 91.0 Å². The number of piperidine rings is 1. The van der Waals surface area contributed by atoms with Gasteiger partial charge in [-0.15, -0.1) is 0 Å². The fourth-order valence-electron chi connectivity index (χ4n) is 2.29. The topological polar surface area (TPSA) is 41.6 Å². The molecule has 4 nitrogen and oxygen atoms in total. The fourth-order valence-corrected chi connectivity index (χ4v) is 2.29. The van der Waals surface area contributed by atoms with Gasteiger partial charge in [0, 0.05) is 26.2 Å². The van der Waals surface area contributed by atoms with E-state index in [-0.39, 0.29) is 5.92 Å². The number of ether oxygens (including phenoxy) is 1. The molecule has 86 valence electrons. The maximum atomic E-state index is 12.1. The van der Waals surface area contributed by atoms with E-state index in [4.69, 9.17) is 4.74 Å². The van der Waals surface area contributed by atoms with Crippen molar-refractivity contribution in [3.05, 3.63) is 0 Å². The van der Waals surface area contributed by atoms with Crippen molar-refractivity contribution in [1.82, 2.24) is 10.2 Å². The van der Waals surface area contributed by atoms with Gasteiger partial charge < -0.3 is 15.0 Å². The second kappa shape index (κ2) is 5.47. The molecule has 4 heteroatoms. The molecule has 0 radical (unpaired) electrons. The van der Waals surface area contributed by atoms with Crippen LogP contribution in [0.2, 0.25) is 0 Å². The third-order valence-corrected chi connectivity index (χ3v) is 3.18. The van der Waals surface area contributed by atoms with E-state index in [0.717, 1.165) is 52.0 Å². The predicted molar refractivity (Wildman–Crippen MR) is 57.6 cm³/mol. The van der Waals surface area contributed by atoms with Crippen LogP contribution in [0.15, 0.2) is 0 Å². The molecule has 0 aromatic rings. The lowest BCUT2D eigenvalue weighted by Gasteiger charge is -2.28. The van der Waals surface area contributed by atoms with Crippen LogP contribution in [-0.4, -0.2) is 50.2 Å². The molecular weight excluding hydrogens is 192 g/mol. The van der Waals surface area contributed by atoms with E-state index in [0.29, 0.717) is 12.5 Å². The van der Waals surface area contributed by atoms with Crippen molar-refractivity contribution in [1.29, 1.82) is 0 Å². The Bertz CT molecular complexity index is 207. The zero-order valence-electron chi connectivity index (χ0n) is 9.21. The van der Waals surface area contributed by atoms with Gasteiger partial charge in [0.25, 0.3) is 0 Å². The van der Waals surface area contributed by atoms with Crippen LogP contribution in [0.25, 0.3) is 0 Å². The summed E-state index contributed by atoms with van der Waals surface area (Å²) in [5, 5.41) is 3.29. The second-order valence-electron chi connectivity index (χ2n) is 4.33. The maximum absolute atomic E-state index is 12.1. The highest BCUT2D eigenvalue weighted by Crippen LogP contribution is 2.14. The van der Waals surface area contributed by atoms with Gasteiger partial charge in [0.15, 0.2) is 0 Å². The quantitative estimate of drug-likeness (QED) is 0.677. The summed E-state index contributed by atoms with van der Waals surface area (Å²) in [6.45, 7) is 5.06. The van der Waals surface area contributed by atoms with Gasteiger partial charge >= 0.3 is 0 Å². The highest BCUT2D eigenvalue weighted by atomic mass is 16.5. The van der Waals surface area contributed by atoms with Crippen LogP contribution in [0.5, 0.6) is 0 Å². The zero-order chi connectivity index (χ0) is 10.5. The van der Waals surface area contributed by atoms with Gasteiger partial charge in [-0.05, 0) is 25.8 Å². The Morgan fingerprint density at radius 1 is 1.27 bits per heavy atom. The highest BCUT2D eigenvalue weighted by molar-refractivity contribution is 5.79. The third-order valence-electron chi connectivity index (χ3n) is 3.18. The first kappa shape index (κ1) is 10.9. The fraction of sp³-hybridized carbons (Fsp3) is 0.909. The monoisotopic (exact) mass is 212 g/mol. The van der Waals surface area contributed by atoms with Crippen molar-refractivity contribution >= 4 is 5.91 Å². The van der Waals surface area contributed by atoms with E-state index >= 15 is 0 Å². The van der Waals surface area contributed by atoms with Crippen molar-refractivity contribution in [3.63, 3.8) is 0 Å². The summed E-state index contributed by atoms with van der Waals surface area (Å²) in [6, 6.07) is 0. The number of carbonyl (C=O) groups excluding carboxylic acids is 1. The average Bonchev–Trinajstić information content (AvgIpc) is 2.58. The molecule has 0 aromatic heterocycles. The lowest BCUT2D eigenvalue weighted by Crippen LogP contribution is -2.43. The van der Waals surface area contributed by atoms with Crippen LogP contribution in [0.4, 0.5) is 0 Å². The largest absolute Gasteiger partial charge is 0.380 e. The molecule has 0 aromatic carbocycles.